The smallest absolute Gasteiger partial charge is 0.411 e. The minimum atomic E-state index is -1.06. The van der Waals surface area contributed by atoms with E-state index in [1.807, 2.05) is 49.5 Å². The molecule has 1 unspecified atom stereocenters. The van der Waals surface area contributed by atoms with Gasteiger partial charge >= 0.3 is 12.1 Å². The van der Waals surface area contributed by atoms with Crippen LogP contribution in [-0.2, 0) is 29.1 Å². The minimum Gasteiger partial charge on any atom is -0.489 e. The predicted molar refractivity (Wildman–Crippen MR) is 157 cm³/mol. The average molecular weight is 600 g/mol. The van der Waals surface area contributed by atoms with E-state index < -0.39 is 23.7 Å². The number of halogens is 2. The Kier molecular flexibility index (Phi) is 7.99. The Hall–Kier alpha value is -3.62. The van der Waals surface area contributed by atoms with Gasteiger partial charge in [-0.3, -0.25) is 4.90 Å². The molecule has 5 rings (SSSR count). The molecular weight excluding hydrogens is 567 g/mol. The molecule has 10 heteroatoms. The fraction of sp³-hybridized carbons (Fsp3) is 0.355. The number of likely N-dealkylation sites (N-methyl/N-ethyl adjacent to an activating group) is 1. The maximum atomic E-state index is 12.9. The summed E-state index contributed by atoms with van der Waals surface area (Å²) in [6.07, 6.45) is -0.685. The first-order chi connectivity index (χ1) is 19.4. The molecular formula is C31H32Cl2N2O6. The highest BCUT2D eigenvalue weighted by Gasteiger charge is 2.38. The van der Waals surface area contributed by atoms with Crippen LogP contribution < -0.4 is 14.4 Å². The zero-order valence-electron chi connectivity index (χ0n) is 23.3. The van der Waals surface area contributed by atoms with Gasteiger partial charge in [-0.25, -0.2) is 9.59 Å². The molecule has 0 radical (unpaired) electrons. The topological polar surface area (TPSA) is 88.5 Å². The molecule has 2 atom stereocenters. The Morgan fingerprint density at radius 1 is 1.02 bits per heavy atom. The second kappa shape index (κ2) is 11.3. The molecule has 2 heterocycles. The van der Waals surface area contributed by atoms with Gasteiger partial charge < -0.3 is 24.2 Å². The van der Waals surface area contributed by atoms with Crippen LogP contribution in [0.2, 0.25) is 10.0 Å². The van der Waals surface area contributed by atoms with Crippen molar-refractivity contribution in [1.82, 2.24) is 4.90 Å². The van der Waals surface area contributed by atoms with Crippen molar-refractivity contribution in [2.75, 3.05) is 18.5 Å². The van der Waals surface area contributed by atoms with Crippen LogP contribution in [0.3, 0.4) is 0 Å². The van der Waals surface area contributed by atoms with E-state index in [1.165, 1.54) is 4.90 Å². The van der Waals surface area contributed by atoms with Crippen LogP contribution in [0, 0.1) is 0 Å². The molecule has 3 aromatic rings. The van der Waals surface area contributed by atoms with Crippen molar-refractivity contribution >= 4 is 41.0 Å². The quantitative estimate of drug-likeness (QED) is 0.342. The number of carboxylic acids is 1. The van der Waals surface area contributed by atoms with Crippen LogP contribution in [0.1, 0.15) is 49.1 Å². The Bertz CT molecular complexity index is 1470. The zero-order chi connectivity index (χ0) is 29.5. The summed E-state index contributed by atoms with van der Waals surface area (Å²) in [5.41, 5.74) is 3.78. The number of carbonyl (C=O) groups excluding carboxylic acids is 1. The molecule has 2 aliphatic rings. The third kappa shape index (κ3) is 6.49. The van der Waals surface area contributed by atoms with E-state index in [2.05, 4.69) is 4.90 Å². The van der Waals surface area contributed by atoms with Crippen LogP contribution in [0.5, 0.6) is 11.5 Å². The van der Waals surface area contributed by atoms with Gasteiger partial charge in [0.1, 0.15) is 35.9 Å². The molecule has 0 bridgehead atoms. The molecule has 0 spiro atoms. The van der Waals surface area contributed by atoms with Gasteiger partial charge in [0.05, 0.1) is 28.8 Å². The highest BCUT2D eigenvalue weighted by molar-refractivity contribution is 6.42. The van der Waals surface area contributed by atoms with Crippen molar-refractivity contribution in [3.8, 4) is 11.5 Å². The van der Waals surface area contributed by atoms with Crippen molar-refractivity contribution in [3.05, 3.63) is 86.9 Å². The number of carboxylic acid groups (broad SMARTS) is 1. The fourth-order valence-electron chi connectivity index (χ4n) is 5.01. The maximum absolute atomic E-state index is 12.9. The molecule has 8 nitrogen and oxygen atoms in total. The van der Waals surface area contributed by atoms with E-state index in [0.29, 0.717) is 34.7 Å². The van der Waals surface area contributed by atoms with Gasteiger partial charge in [0.25, 0.3) is 0 Å². The number of aliphatic carboxylic acids is 1. The number of anilines is 1. The molecule has 216 valence electrons. The molecule has 0 fully saturated rings. The molecule has 41 heavy (non-hydrogen) atoms. The van der Waals surface area contributed by atoms with Gasteiger partial charge in [-0.15, -0.1) is 0 Å². The number of nitrogens with zero attached hydrogens (tertiary/aromatic N) is 2. The van der Waals surface area contributed by atoms with Crippen LogP contribution in [-0.4, -0.2) is 47.3 Å². The van der Waals surface area contributed by atoms with Gasteiger partial charge in [-0.2, -0.15) is 0 Å². The second-order valence-electron chi connectivity index (χ2n) is 11.3. The summed E-state index contributed by atoms with van der Waals surface area (Å²) in [4.78, 5) is 28.3. The van der Waals surface area contributed by atoms with Gasteiger partial charge in [0.2, 0.25) is 0 Å². The van der Waals surface area contributed by atoms with Crippen molar-refractivity contribution in [3.63, 3.8) is 0 Å². The van der Waals surface area contributed by atoms with Gasteiger partial charge in [-0.1, -0.05) is 41.4 Å². The lowest BCUT2D eigenvalue weighted by Crippen LogP contribution is -2.50. The summed E-state index contributed by atoms with van der Waals surface area (Å²) < 4.78 is 17.9. The third-order valence-corrected chi connectivity index (χ3v) is 7.83. The van der Waals surface area contributed by atoms with Crippen LogP contribution in [0.4, 0.5) is 10.5 Å². The van der Waals surface area contributed by atoms with E-state index >= 15 is 0 Å². The first kappa shape index (κ1) is 28.9. The first-order valence-electron chi connectivity index (χ1n) is 13.3. The standard InChI is InChI=1S/C31H32Cl2N2O6/c1-31(2,3)41-30(38)35-15-21-14-27-25(12-20(21)13-26(35)29(36)37)34(4)16-28(40-27)19-6-8-22(9-7-19)39-17-18-5-10-23(32)24(33)11-18/h5-12,14,26,28H,13,15-17H2,1-4H3,(H,36,37)/t26?,28-/m1/s1. The molecule has 0 aromatic heterocycles. The van der Waals surface area contributed by atoms with Crippen LogP contribution >= 0.6 is 23.2 Å². The molecule has 1 N–H and O–H groups in total. The lowest BCUT2D eigenvalue weighted by molar-refractivity contribution is -0.143. The predicted octanol–water partition coefficient (Wildman–Crippen LogP) is 6.89. The minimum absolute atomic E-state index is 0.122. The zero-order valence-corrected chi connectivity index (χ0v) is 24.8. The average Bonchev–Trinajstić information content (AvgIpc) is 2.91. The number of hydrogen-bond donors (Lipinski definition) is 1. The second-order valence-corrected chi connectivity index (χ2v) is 12.2. The van der Waals surface area contributed by atoms with E-state index in [9.17, 15) is 14.7 Å². The Labute approximate surface area is 249 Å². The lowest BCUT2D eigenvalue weighted by atomic mass is 9.92. The molecule has 2 aliphatic heterocycles. The molecule has 1 amide bonds. The van der Waals surface area contributed by atoms with Gasteiger partial charge in [0, 0.05) is 13.5 Å². The lowest BCUT2D eigenvalue weighted by Gasteiger charge is -2.38. The summed E-state index contributed by atoms with van der Waals surface area (Å²) in [6, 6.07) is 16.1. The van der Waals surface area contributed by atoms with E-state index in [4.69, 9.17) is 37.4 Å². The molecule has 0 saturated carbocycles. The molecule has 0 aliphatic carbocycles. The van der Waals surface area contributed by atoms with Crippen LogP contribution in [0.15, 0.2) is 54.6 Å². The summed E-state index contributed by atoms with van der Waals surface area (Å²) >= 11 is 12.1. The van der Waals surface area contributed by atoms with Crippen molar-refractivity contribution in [2.24, 2.45) is 0 Å². The number of ether oxygens (including phenoxy) is 3. The summed E-state index contributed by atoms with van der Waals surface area (Å²) in [6.45, 7) is 6.37. The van der Waals surface area contributed by atoms with Crippen molar-refractivity contribution in [2.45, 2.75) is 58.1 Å². The monoisotopic (exact) mass is 598 g/mol. The molecule has 0 saturated heterocycles. The normalized spacial score (nSPS) is 18.2. The van der Waals surface area contributed by atoms with E-state index in [-0.39, 0.29) is 19.1 Å². The fourth-order valence-corrected chi connectivity index (χ4v) is 5.34. The van der Waals surface area contributed by atoms with E-state index in [0.717, 1.165) is 27.9 Å². The van der Waals surface area contributed by atoms with Crippen molar-refractivity contribution < 1.29 is 28.9 Å². The summed E-state index contributed by atoms with van der Waals surface area (Å²) in [7, 11) is 1.99. The van der Waals surface area contributed by atoms with E-state index in [1.54, 1.807) is 32.9 Å². The highest BCUT2D eigenvalue weighted by Crippen LogP contribution is 2.41. The number of carbonyl (C=O) groups is 2. The number of amides is 1. The van der Waals surface area contributed by atoms with Crippen molar-refractivity contribution in [1.29, 1.82) is 0 Å². The molecule has 3 aromatic carbocycles. The first-order valence-corrected chi connectivity index (χ1v) is 14.1. The number of rotatable bonds is 5. The number of fused-ring (bicyclic) bond motifs is 2. The number of hydrogen-bond acceptors (Lipinski definition) is 6. The SMILES string of the molecule is CN1C[C@H](c2ccc(OCc3ccc(Cl)c(Cl)c3)cc2)Oc2cc3c(cc21)CC(C(=O)O)N(C(=O)OC(C)(C)C)C3. The Balaban J connectivity index is 1.31. The number of benzene rings is 3. The van der Waals surface area contributed by atoms with Crippen LogP contribution in [0.25, 0.3) is 0 Å². The highest BCUT2D eigenvalue weighted by atomic mass is 35.5. The Morgan fingerprint density at radius 3 is 2.41 bits per heavy atom. The maximum Gasteiger partial charge on any atom is 0.411 e. The largest absolute Gasteiger partial charge is 0.489 e. The summed E-state index contributed by atoms with van der Waals surface area (Å²) in [5, 5.41) is 10.9. The summed E-state index contributed by atoms with van der Waals surface area (Å²) in [5.74, 6) is 0.335. The van der Waals surface area contributed by atoms with Gasteiger partial charge in [0.15, 0.2) is 0 Å². The third-order valence-electron chi connectivity index (χ3n) is 7.09. The Morgan fingerprint density at radius 2 is 1.76 bits per heavy atom. The van der Waals surface area contributed by atoms with Gasteiger partial charge in [-0.05, 0) is 79.4 Å².